The molecular formula is C12H19Hf. The minimum absolute atomic E-state index is 0.368. The van der Waals surface area contributed by atoms with Gasteiger partial charge in [0.05, 0.1) is 0 Å². The van der Waals surface area contributed by atoms with Gasteiger partial charge in [0.25, 0.3) is 0 Å². The second kappa shape index (κ2) is 4.25. The molecule has 0 nitrogen and oxygen atoms in total. The Morgan fingerprint density at radius 1 is 1.38 bits per heavy atom. The van der Waals surface area contributed by atoms with Crippen LogP contribution in [-0.2, 0) is 24.4 Å². The zero-order valence-electron chi connectivity index (χ0n) is 9.20. The molecular weight excluding hydrogens is 323 g/mol. The van der Waals surface area contributed by atoms with Crippen molar-refractivity contribution >= 4 is 0 Å². The van der Waals surface area contributed by atoms with Gasteiger partial charge in [-0.3, -0.25) is 0 Å². The molecule has 1 aliphatic carbocycles. The predicted molar refractivity (Wildman–Crippen MR) is 54.1 cm³/mol. The Labute approximate surface area is 97.1 Å². The quantitative estimate of drug-likeness (QED) is 0.667. The van der Waals surface area contributed by atoms with Crippen molar-refractivity contribution in [2.45, 2.75) is 47.0 Å². The Bertz CT molecular complexity index is 251. The summed E-state index contributed by atoms with van der Waals surface area (Å²) in [6.07, 6.45) is 6.34. The molecule has 1 rings (SSSR count). The Morgan fingerprint density at radius 3 is 2.38 bits per heavy atom. The number of allylic oxidation sites excluding steroid dienone is 4. The van der Waals surface area contributed by atoms with E-state index < -0.39 is 0 Å². The summed E-state index contributed by atoms with van der Waals surface area (Å²) in [4.78, 5) is 0. The molecule has 0 spiro atoms. The summed E-state index contributed by atoms with van der Waals surface area (Å²) in [6.45, 7) is 9.24. The summed E-state index contributed by atoms with van der Waals surface area (Å²) < 4.78 is 1.72. The normalized spacial score (nSPS) is 17.9. The van der Waals surface area contributed by atoms with Crippen LogP contribution in [0.3, 0.4) is 0 Å². The molecule has 13 heavy (non-hydrogen) atoms. The Kier molecular flexibility index (Phi) is 3.73. The van der Waals surface area contributed by atoms with Crippen molar-refractivity contribution in [3.63, 3.8) is 0 Å². The molecule has 0 amide bonds. The van der Waals surface area contributed by atoms with Gasteiger partial charge in [0.1, 0.15) is 0 Å². The van der Waals surface area contributed by atoms with E-state index in [1.807, 2.05) is 0 Å². The van der Waals surface area contributed by atoms with E-state index in [9.17, 15) is 0 Å². The van der Waals surface area contributed by atoms with E-state index in [1.165, 1.54) is 43.6 Å². The number of rotatable bonds is 2. The van der Waals surface area contributed by atoms with Crippen molar-refractivity contribution < 1.29 is 24.4 Å². The number of hydrogen-bond donors (Lipinski definition) is 0. The van der Waals surface area contributed by atoms with Gasteiger partial charge in [0.2, 0.25) is 0 Å². The van der Waals surface area contributed by atoms with E-state index in [0.29, 0.717) is 5.41 Å². The van der Waals surface area contributed by atoms with Gasteiger partial charge in [-0.25, -0.2) is 0 Å². The zero-order chi connectivity index (χ0) is 10.1. The molecule has 71 valence electrons. The molecule has 0 atom stereocenters. The summed E-state index contributed by atoms with van der Waals surface area (Å²) in [5.74, 6) is 0. The minimum atomic E-state index is 0.368. The van der Waals surface area contributed by atoms with E-state index in [2.05, 4.69) is 33.8 Å². The molecule has 1 heteroatoms. The monoisotopic (exact) mass is 343 g/mol. The van der Waals surface area contributed by atoms with Crippen molar-refractivity contribution in [1.82, 2.24) is 0 Å². The van der Waals surface area contributed by atoms with Crippen molar-refractivity contribution in [3.8, 4) is 0 Å². The molecule has 0 fully saturated rings. The standard InChI is InChI=1S/C12H19.Hf/c1-5-6-10-7-8-11(9-10)12(2,3)4;/h9H,5-7H2,1-4H3;. The van der Waals surface area contributed by atoms with E-state index >= 15 is 0 Å². The summed E-state index contributed by atoms with van der Waals surface area (Å²) in [7, 11) is 0. The van der Waals surface area contributed by atoms with E-state index in [1.54, 1.807) is 14.5 Å². The second-order valence-electron chi connectivity index (χ2n) is 4.87. The third kappa shape index (κ3) is 2.90. The van der Waals surface area contributed by atoms with E-state index in [0.717, 1.165) is 0 Å². The van der Waals surface area contributed by atoms with Gasteiger partial charge in [-0.15, -0.1) is 0 Å². The fourth-order valence-electron chi connectivity index (χ4n) is 1.82. The molecule has 0 aliphatic heterocycles. The van der Waals surface area contributed by atoms with Crippen molar-refractivity contribution in [2.75, 3.05) is 0 Å². The van der Waals surface area contributed by atoms with E-state index in [-0.39, 0.29) is 0 Å². The Balaban J connectivity index is 2.79. The maximum absolute atomic E-state index is 2.46. The Morgan fingerprint density at radius 2 is 2.00 bits per heavy atom. The van der Waals surface area contributed by atoms with Gasteiger partial charge < -0.3 is 0 Å². The van der Waals surface area contributed by atoms with Gasteiger partial charge in [-0.1, -0.05) is 0 Å². The van der Waals surface area contributed by atoms with Gasteiger partial charge in [-0.05, 0) is 0 Å². The molecule has 0 aromatic rings. The van der Waals surface area contributed by atoms with Gasteiger partial charge >= 0.3 is 97.3 Å². The molecule has 0 aromatic carbocycles. The van der Waals surface area contributed by atoms with Crippen molar-refractivity contribution in [1.29, 1.82) is 0 Å². The molecule has 0 N–H and O–H groups in total. The molecule has 0 saturated heterocycles. The molecule has 0 radical (unpaired) electrons. The summed E-state index contributed by atoms with van der Waals surface area (Å²) >= 11 is 1.24. The molecule has 1 aliphatic rings. The van der Waals surface area contributed by atoms with Crippen LogP contribution in [0.5, 0.6) is 0 Å². The first-order chi connectivity index (χ1) is 5.95. The Hall–Kier alpha value is 0.350. The fraction of sp³-hybridized carbons (Fsp3) is 0.667. The SMILES string of the molecule is CCCC1=CC(C(C)(C)C)=[C]([Hf])C1. The average Bonchev–Trinajstić information content (AvgIpc) is 2.30. The molecule has 0 unspecified atom stereocenters. The second-order valence-corrected chi connectivity index (χ2v) is 7.04. The van der Waals surface area contributed by atoms with Crippen molar-refractivity contribution in [2.24, 2.45) is 5.41 Å². The van der Waals surface area contributed by atoms with Crippen LogP contribution in [0.15, 0.2) is 20.6 Å². The van der Waals surface area contributed by atoms with Gasteiger partial charge in [0.15, 0.2) is 0 Å². The van der Waals surface area contributed by atoms with Crippen molar-refractivity contribution in [3.05, 3.63) is 20.6 Å². The van der Waals surface area contributed by atoms with Gasteiger partial charge in [-0.2, -0.15) is 0 Å². The average molecular weight is 342 g/mol. The van der Waals surface area contributed by atoms with Gasteiger partial charge in [0, 0.05) is 0 Å². The van der Waals surface area contributed by atoms with Crippen LogP contribution in [0.2, 0.25) is 0 Å². The first kappa shape index (κ1) is 11.4. The third-order valence-electron chi connectivity index (χ3n) is 2.46. The molecule has 0 aromatic heterocycles. The number of hydrogen-bond acceptors (Lipinski definition) is 0. The predicted octanol–water partition coefficient (Wildman–Crippen LogP) is 3.96. The fourth-order valence-corrected chi connectivity index (χ4v) is 4.24. The van der Waals surface area contributed by atoms with Crippen LogP contribution in [0.1, 0.15) is 47.0 Å². The first-order valence-corrected chi connectivity index (χ1v) is 6.89. The maximum atomic E-state index is 2.46. The molecule has 0 heterocycles. The van der Waals surface area contributed by atoms with Crippen LogP contribution < -0.4 is 0 Å². The van der Waals surface area contributed by atoms with Crippen LogP contribution in [-0.4, -0.2) is 0 Å². The summed E-state index contributed by atoms with van der Waals surface area (Å²) in [5.41, 5.74) is 3.66. The van der Waals surface area contributed by atoms with Crippen LogP contribution in [0.25, 0.3) is 0 Å². The van der Waals surface area contributed by atoms with Crippen LogP contribution in [0.4, 0.5) is 0 Å². The third-order valence-corrected chi connectivity index (χ3v) is 4.06. The zero-order valence-corrected chi connectivity index (χ0v) is 12.8. The molecule has 0 saturated carbocycles. The first-order valence-electron chi connectivity index (χ1n) is 5.10. The van der Waals surface area contributed by atoms with Crippen LogP contribution in [0, 0.1) is 5.41 Å². The summed E-state index contributed by atoms with van der Waals surface area (Å²) in [5, 5.41) is 0. The summed E-state index contributed by atoms with van der Waals surface area (Å²) in [6, 6.07) is 0. The van der Waals surface area contributed by atoms with Crippen LogP contribution >= 0.6 is 0 Å². The molecule has 0 bridgehead atoms. The topological polar surface area (TPSA) is 0 Å². The van der Waals surface area contributed by atoms with E-state index in [4.69, 9.17) is 0 Å².